The quantitative estimate of drug-likeness (QED) is 0.549. The second kappa shape index (κ2) is 8.59. The van der Waals surface area contributed by atoms with Gasteiger partial charge >= 0.3 is 12.0 Å². The molecule has 0 aliphatic carbocycles. The maximum atomic E-state index is 12.9. The molecule has 162 valence electrons. The first-order valence-electron chi connectivity index (χ1n) is 9.88. The molecule has 2 N–H and O–H groups in total. The molecule has 1 fully saturated rings. The van der Waals surface area contributed by atoms with E-state index in [4.69, 9.17) is 4.74 Å². The number of amides is 4. The highest BCUT2D eigenvalue weighted by Gasteiger charge is 2.49. The van der Waals surface area contributed by atoms with Crippen molar-refractivity contribution in [3.63, 3.8) is 0 Å². The third kappa shape index (κ3) is 4.74. The van der Waals surface area contributed by atoms with Gasteiger partial charge in [0.2, 0.25) is 0 Å². The lowest BCUT2D eigenvalue weighted by Gasteiger charge is -2.22. The van der Waals surface area contributed by atoms with Crippen LogP contribution in [0.4, 0.5) is 10.5 Å². The largest absolute Gasteiger partial charge is 0.451 e. The number of rotatable bonds is 6. The van der Waals surface area contributed by atoms with E-state index in [1.165, 1.54) is 6.92 Å². The van der Waals surface area contributed by atoms with Gasteiger partial charge in [-0.1, -0.05) is 47.5 Å². The fraction of sp³-hybridized carbons (Fsp3) is 0.304. The van der Waals surface area contributed by atoms with E-state index in [0.717, 1.165) is 16.0 Å². The SMILES string of the molecule is Cc1ccc(NC(=O)[C@@H](C)OC(=O)CN2C(=O)N[C@](C)(c3ccc(C)cc3)C2=O)cc1. The van der Waals surface area contributed by atoms with Crippen LogP contribution in [0.25, 0.3) is 0 Å². The third-order valence-corrected chi connectivity index (χ3v) is 5.19. The first-order chi connectivity index (χ1) is 14.6. The van der Waals surface area contributed by atoms with E-state index in [1.54, 1.807) is 31.2 Å². The number of imide groups is 1. The summed E-state index contributed by atoms with van der Waals surface area (Å²) in [6.45, 7) is 6.26. The van der Waals surface area contributed by atoms with Gasteiger partial charge < -0.3 is 15.4 Å². The average Bonchev–Trinajstić information content (AvgIpc) is 2.94. The first-order valence-corrected chi connectivity index (χ1v) is 9.88. The second-order valence-electron chi connectivity index (χ2n) is 7.80. The Morgan fingerprint density at radius 3 is 2.16 bits per heavy atom. The number of nitrogens with one attached hydrogen (secondary N) is 2. The van der Waals surface area contributed by atoms with Crippen LogP contribution >= 0.6 is 0 Å². The topological polar surface area (TPSA) is 105 Å². The Kier molecular flexibility index (Phi) is 6.10. The number of carbonyl (C=O) groups excluding carboxylic acids is 4. The Labute approximate surface area is 180 Å². The van der Waals surface area contributed by atoms with Gasteiger partial charge in [-0.15, -0.1) is 0 Å². The standard InChI is InChI=1S/C23H25N3O5/c1-14-5-9-17(10-6-14)23(4)21(29)26(22(30)25-23)13-19(27)31-16(3)20(28)24-18-11-7-15(2)8-12-18/h5-12,16H,13H2,1-4H3,(H,24,28)(H,25,30)/t16-,23-/m1/s1. The Balaban J connectivity index is 1.61. The lowest BCUT2D eigenvalue weighted by molar-refractivity contribution is -0.155. The summed E-state index contributed by atoms with van der Waals surface area (Å²) in [6, 6.07) is 13.7. The number of nitrogens with zero attached hydrogens (tertiary/aromatic N) is 1. The van der Waals surface area contributed by atoms with E-state index in [9.17, 15) is 19.2 Å². The molecule has 2 atom stereocenters. The van der Waals surface area contributed by atoms with Crippen molar-refractivity contribution in [3.8, 4) is 0 Å². The number of hydrogen-bond acceptors (Lipinski definition) is 5. The van der Waals surface area contributed by atoms with Crippen LogP contribution in [0.3, 0.4) is 0 Å². The van der Waals surface area contributed by atoms with E-state index in [-0.39, 0.29) is 0 Å². The van der Waals surface area contributed by atoms with Crippen molar-refractivity contribution in [2.45, 2.75) is 39.3 Å². The van der Waals surface area contributed by atoms with Crippen LogP contribution in [0.2, 0.25) is 0 Å². The van der Waals surface area contributed by atoms with Gasteiger partial charge in [0.25, 0.3) is 11.8 Å². The summed E-state index contributed by atoms with van der Waals surface area (Å²) >= 11 is 0. The molecule has 1 aliphatic heterocycles. The van der Waals surface area contributed by atoms with Gasteiger partial charge in [-0.05, 0) is 45.4 Å². The van der Waals surface area contributed by atoms with Crippen molar-refractivity contribution in [2.75, 3.05) is 11.9 Å². The van der Waals surface area contributed by atoms with Crippen molar-refractivity contribution in [1.82, 2.24) is 10.2 Å². The number of ether oxygens (including phenoxy) is 1. The molecule has 2 aromatic carbocycles. The number of urea groups is 1. The predicted octanol–water partition coefficient (Wildman–Crippen LogP) is 2.64. The number of esters is 1. The van der Waals surface area contributed by atoms with Crippen molar-refractivity contribution in [3.05, 3.63) is 65.2 Å². The van der Waals surface area contributed by atoms with Crippen molar-refractivity contribution in [2.24, 2.45) is 0 Å². The van der Waals surface area contributed by atoms with Gasteiger partial charge in [0.1, 0.15) is 12.1 Å². The molecule has 1 heterocycles. The number of aryl methyl sites for hydroxylation is 2. The molecule has 0 saturated carbocycles. The van der Waals surface area contributed by atoms with Gasteiger partial charge in [-0.3, -0.25) is 19.3 Å². The van der Waals surface area contributed by atoms with Gasteiger partial charge in [-0.2, -0.15) is 0 Å². The van der Waals surface area contributed by atoms with Crippen molar-refractivity contribution in [1.29, 1.82) is 0 Å². The highest BCUT2D eigenvalue weighted by atomic mass is 16.5. The fourth-order valence-electron chi connectivity index (χ4n) is 3.22. The summed E-state index contributed by atoms with van der Waals surface area (Å²) in [6.07, 6.45) is -1.10. The van der Waals surface area contributed by atoms with Gasteiger partial charge in [0.15, 0.2) is 6.10 Å². The number of carbonyl (C=O) groups is 4. The molecule has 0 radical (unpaired) electrons. The van der Waals surface area contributed by atoms with E-state index in [0.29, 0.717) is 11.3 Å². The molecule has 8 nitrogen and oxygen atoms in total. The minimum absolute atomic E-state index is 0.515. The van der Waals surface area contributed by atoms with Crippen LogP contribution in [-0.2, 0) is 24.7 Å². The van der Waals surface area contributed by atoms with Crippen LogP contribution in [0.5, 0.6) is 0 Å². The Morgan fingerprint density at radius 2 is 1.58 bits per heavy atom. The second-order valence-corrected chi connectivity index (χ2v) is 7.80. The van der Waals surface area contributed by atoms with Gasteiger partial charge in [0.05, 0.1) is 0 Å². The van der Waals surface area contributed by atoms with E-state index < -0.39 is 42.0 Å². The molecule has 0 unspecified atom stereocenters. The van der Waals surface area contributed by atoms with Crippen LogP contribution in [0, 0.1) is 13.8 Å². The average molecular weight is 423 g/mol. The first kappa shape index (κ1) is 22.0. The maximum absolute atomic E-state index is 12.9. The molecule has 8 heteroatoms. The van der Waals surface area contributed by atoms with Gasteiger partial charge in [-0.25, -0.2) is 4.79 Å². The van der Waals surface area contributed by atoms with Crippen molar-refractivity contribution < 1.29 is 23.9 Å². The zero-order valence-corrected chi connectivity index (χ0v) is 17.9. The molecule has 1 saturated heterocycles. The van der Waals surface area contributed by atoms with Crippen LogP contribution in [0.15, 0.2) is 48.5 Å². The molecule has 0 aromatic heterocycles. The Bertz CT molecular complexity index is 1020. The molecule has 3 rings (SSSR count). The zero-order chi connectivity index (χ0) is 22.8. The molecular weight excluding hydrogens is 398 g/mol. The molecule has 2 aromatic rings. The minimum atomic E-state index is -1.28. The Morgan fingerprint density at radius 1 is 1.03 bits per heavy atom. The van der Waals surface area contributed by atoms with E-state index in [1.807, 2.05) is 38.1 Å². The highest BCUT2D eigenvalue weighted by Crippen LogP contribution is 2.29. The molecule has 0 spiro atoms. The lowest BCUT2D eigenvalue weighted by Crippen LogP contribution is -2.42. The lowest BCUT2D eigenvalue weighted by atomic mass is 9.91. The molecule has 1 aliphatic rings. The normalized spacial score (nSPS) is 19.0. The molecule has 31 heavy (non-hydrogen) atoms. The fourth-order valence-corrected chi connectivity index (χ4v) is 3.22. The maximum Gasteiger partial charge on any atom is 0.327 e. The van der Waals surface area contributed by atoms with Crippen LogP contribution in [0.1, 0.15) is 30.5 Å². The zero-order valence-electron chi connectivity index (χ0n) is 17.9. The summed E-state index contributed by atoms with van der Waals surface area (Å²) in [5, 5.41) is 5.28. The minimum Gasteiger partial charge on any atom is -0.451 e. The smallest absolute Gasteiger partial charge is 0.327 e. The molecule has 0 bridgehead atoms. The number of anilines is 1. The molecule has 4 amide bonds. The third-order valence-electron chi connectivity index (χ3n) is 5.19. The summed E-state index contributed by atoms with van der Waals surface area (Å²) in [5.41, 5.74) is 1.96. The van der Waals surface area contributed by atoms with Crippen molar-refractivity contribution >= 4 is 29.5 Å². The predicted molar refractivity (Wildman–Crippen MR) is 114 cm³/mol. The van der Waals surface area contributed by atoms with Gasteiger partial charge in [0, 0.05) is 5.69 Å². The number of benzene rings is 2. The van der Waals surface area contributed by atoms with E-state index in [2.05, 4.69) is 10.6 Å². The highest BCUT2D eigenvalue weighted by molar-refractivity contribution is 6.09. The summed E-state index contributed by atoms with van der Waals surface area (Å²) in [5.74, 6) is -1.93. The Hall–Kier alpha value is -3.68. The molecular formula is C23H25N3O5. The summed E-state index contributed by atoms with van der Waals surface area (Å²) in [7, 11) is 0. The number of hydrogen-bond donors (Lipinski definition) is 2. The summed E-state index contributed by atoms with van der Waals surface area (Å²) < 4.78 is 5.13. The monoisotopic (exact) mass is 423 g/mol. The van der Waals surface area contributed by atoms with E-state index >= 15 is 0 Å². The van der Waals surface area contributed by atoms with Crippen LogP contribution in [-0.4, -0.2) is 41.4 Å². The van der Waals surface area contributed by atoms with Crippen LogP contribution < -0.4 is 10.6 Å². The summed E-state index contributed by atoms with van der Waals surface area (Å²) in [4.78, 5) is 50.7.